The van der Waals surface area contributed by atoms with E-state index in [2.05, 4.69) is 5.32 Å². The number of ether oxygens (including phenoxy) is 1. The maximum absolute atomic E-state index is 13.4. The van der Waals surface area contributed by atoms with E-state index in [9.17, 15) is 9.59 Å². The predicted octanol–water partition coefficient (Wildman–Crippen LogP) is 6.41. The molecule has 1 atom stereocenters. The highest BCUT2D eigenvalue weighted by molar-refractivity contribution is 6.31. The number of imidazole rings is 1. The average molecular weight is 563 g/mol. The number of anilines is 1. The third kappa shape index (κ3) is 6.68. The van der Waals surface area contributed by atoms with Crippen LogP contribution in [0.2, 0.25) is 10.0 Å². The summed E-state index contributed by atoms with van der Waals surface area (Å²) in [4.78, 5) is 33.0. The summed E-state index contributed by atoms with van der Waals surface area (Å²) < 4.78 is 7.60. The van der Waals surface area contributed by atoms with Crippen LogP contribution in [0.3, 0.4) is 0 Å². The molecule has 1 aromatic heterocycles. The van der Waals surface area contributed by atoms with Crippen molar-refractivity contribution in [2.45, 2.75) is 25.9 Å². The molecule has 7 nitrogen and oxygen atoms in total. The molecule has 1 aliphatic rings. The minimum Gasteiger partial charge on any atom is -0.376 e. The van der Waals surface area contributed by atoms with E-state index in [0.29, 0.717) is 40.4 Å². The van der Waals surface area contributed by atoms with Gasteiger partial charge in [-0.3, -0.25) is 19.5 Å². The smallest absolute Gasteiger partial charge is 0.254 e. The van der Waals surface area contributed by atoms with Gasteiger partial charge in [-0.2, -0.15) is 0 Å². The molecule has 39 heavy (non-hydrogen) atoms. The Labute approximate surface area is 237 Å². The van der Waals surface area contributed by atoms with Gasteiger partial charge in [0.25, 0.3) is 5.91 Å². The van der Waals surface area contributed by atoms with Gasteiger partial charge in [0.05, 0.1) is 11.8 Å². The van der Waals surface area contributed by atoms with Crippen LogP contribution in [0.5, 0.6) is 0 Å². The Kier molecular flexibility index (Phi) is 8.31. The van der Waals surface area contributed by atoms with Crippen molar-refractivity contribution in [3.05, 3.63) is 100 Å². The van der Waals surface area contributed by atoms with Crippen LogP contribution in [0.25, 0.3) is 16.9 Å². The summed E-state index contributed by atoms with van der Waals surface area (Å²) >= 11 is 12.1. The van der Waals surface area contributed by atoms with Crippen LogP contribution in [0.1, 0.15) is 28.8 Å². The first-order valence-electron chi connectivity index (χ1n) is 12.7. The highest BCUT2D eigenvalue weighted by Gasteiger charge is 2.26. The molecule has 2 heterocycles. The molecule has 1 aliphatic heterocycles. The topological polar surface area (TPSA) is 76.5 Å². The molecule has 4 aromatic rings. The normalized spacial score (nSPS) is 14.8. The van der Waals surface area contributed by atoms with Crippen molar-refractivity contribution in [3.8, 4) is 16.9 Å². The number of aromatic nitrogens is 2. The number of carbonyl (C=O) groups is 2. The van der Waals surface area contributed by atoms with E-state index in [4.69, 9.17) is 32.9 Å². The lowest BCUT2D eigenvalue weighted by molar-refractivity contribution is -0.117. The molecule has 9 heteroatoms. The maximum atomic E-state index is 13.4. The van der Waals surface area contributed by atoms with Crippen LogP contribution in [-0.4, -0.2) is 52.1 Å². The van der Waals surface area contributed by atoms with Crippen molar-refractivity contribution in [1.29, 1.82) is 0 Å². The number of carbonyl (C=O) groups excluding carboxylic acids is 2. The lowest BCUT2D eigenvalue weighted by atomic mass is 10.1. The number of halogens is 2. The molecule has 1 saturated heterocycles. The highest BCUT2D eigenvalue weighted by atomic mass is 35.5. The summed E-state index contributed by atoms with van der Waals surface area (Å²) in [6.45, 7) is 2.82. The van der Waals surface area contributed by atoms with E-state index in [1.165, 1.54) is 4.90 Å². The van der Waals surface area contributed by atoms with Crippen LogP contribution in [-0.2, 0) is 9.53 Å². The Morgan fingerprint density at radius 2 is 1.77 bits per heavy atom. The fourth-order valence-electron chi connectivity index (χ4n) is 4.57. The van der Waals surface area contributed by atoms with Gasteiger partial charge in [-0.05, 0) is 73.9 Å². The first kappa shape index (κ1) is 26.9. The summed E-state index contributed by atoms with van der Waals surface area (Å²) in [5, 5.41) is 4.10. The van der Waals surface area contributed by atoms with E-state index in [0.717, 1.165) is 29.7 Å². The quantitative estimate of drug-likeness (QED) is 0.269. The van der Waals surface area contributed by atoms with Gasteiger partial charge in [0, 0.05) is 46.2 Å². The zero-order chi connectivity index (χ0) is 27.4. The summed E-state index contributed by atoms with van der Waals surface area (Å²) in [6, 6.07) is 21.9. The maximum Gasteiger partial charge on any atom is 0.254 e. The summed E-state index contributed by atoms with van der Waals surface area (Å²) in [5.41, 5.74) is 3.92. The van der Waals surface area contributed by atoms with Crippen molar-refractivity contribution in [1.82, 2.24) is 14.5 Å². The zero-order valence-corrected chi connectivity index (χ0v) is 23.0. The molecule has 0 saturated carbocycles. The summed E-state index contributed by atoms with van der Waals surface area (Å²) in [6.07, 6.45) is 3.53. The van der Waals surface area contributed by atoms with Crippen LogP contribution in [0.15, 0.2) is 79.0 Å². The zero-order valence-electron chi connectivity index (χ0n) is 21.4. The Morgan fingerprint density at radius 3 is 2.44 bits per heavy atom. The van der Waals surface area contributed by atoms with Gasteiger partial charge in [0.15, 0.2) is 0 Å². The van der Waals surface area contributed by atoms with Crippen molar-refractivity contribution < 1.29 is 14.3 Å². The largest absolute Gasteiger partial charge is 0.376 e. The van der Waals surface area contributed by atoms with Crippen LogP contribution in [0.4, 0.5) is 5.95 Å². The van der Waals surface area contributed by atoms with Crippen molar-refractivity contribution in [2.75, 3.05) is 25.0 Å². The molecule has 0 spiro atoms. The first-order chi connectivity index (χ1) is 18.9. The van der Waals surface area contributed by atoms with Crippen LogP contribution in [0, 0.1) is 6.92 Å². The van der Waals surface area contributed by atoms with E-state index in [-0.39, 0.29) is 24.5 Å². The Bertz CT molecular complexity index is 1460. The van der Waals surface area contributed by atoms with Crippen molar-refractivity contribution in [2.24, 2.45) is 0 Å². The number of nitrogens with one attached hydrogen (secondary N) is 1. The molecule has 200 valence electrons. The summed E-state index contributed by atoms with van der Waals surface area (Å²) in [5.74, 6) is -0.273. The van der Waals surface area contributed by atoms with Gasteiger partial charge < -0.3 is 9.64 Å². The van der Waals surface area contributed by atoms with E-state index in [1.807, 2.05) is 54.1 Å². The van der Waals surface area contributed by atoms with Gasteiger partial charge in [0.1, 0.15) is 6.54 Å². The average Bonchev–Trinajstić information content (AvgIpc) is 3.59. The van der Waals surface area contributed by atoms with Gasteiger partial charge in [0.2, 0.25) is 11.9 Å². The molecular formula is C30H28Cl2N4O3. The SMILES string of the molecule is Cc1cccc(-n2cc(-c3ccc(Cl)cc3)nc2NC(=O)CN(C[C@@H]2CCCO2)C(=O)c2ccc(Cl)cc2)c1. The number of benzene rings is 3. The number of hydrogen-bond donors (Lipinski definition) is 1. The Balaban J connectivity index is 1.41. The highest BCUT2D eigenvalue weighted by Crippen LogP contribution is 2.26. The number of amides is 2. The van der Waals surface area contributed by atoms with Gasteiger partial charge in [-0.25, -0.2) is 4.98 Å². The standard InChI is InChI=1S/C30H28Cl2N4O3/c1-20-4-2-5-25(16-20)36-18-27(21-7-11-23(31)12-8-21)33-30(36)34-28(37)19-35(17-26-6-3-15-39-26)29(38)22-9-13-24(32)14-10-22/h2,4-5,7-14,16,18,26H,3,6,15,17,19H2,1H3,(H,33,34,37)/t26-/m0/s1. The predicted molar refractivity (Wildman–Crippen MR) is 154 cm³/mol. The summed E-state index contributed by atoms with van der Waals surface area (Å²) in [7, 11) is 0. The van der Waals surface area contributed by atoms with Gasteiger partial charge in [-0.15, -0.1) is 0 Å². The van der Waals surface area contributed by atoms with Crippen molar-refractivity contribution >= 4 is 41.0 Å². The fourth-order valence-corrected chi connectivity index (χ4v) is 4.82. The molecule has 1 fully saturated rings. The molecule has 0 bridgehead atoms. The van der Waals surface area contributed by atoms with E-state index < -0.39 is 0 Å². The molecule has 5 rings (SSSR count). The molecular weight excluding hydrogens is 535 g/mol. The third-order valence-electron chi connectivity index (χ3n) is 6.54. The second-order valence-electron chi connectivity index (χ2n) is 9.54. The first-order valence-corrected chi connectivity index (χ1v) is 13.5. The molecule has 3 aromatic carbocycles. The second kappa shape index (κ2) is 12.0. The number of nitrogens with zero attached hydrogens (tertiary/aromatic N) is 3. The van der Waals surface area contributed by atoms with Crippen molar-refractivity contribution in [3.63, 3.8) is 0 Å². The van der Waals surface area contributed by atoms with Gasteiger partial charge >= 0.3 is 0 Å². The second-order valence-corrected chi connectivity index (χ2v) is 10.4. The molecule has 2 amide bonds. The van der Waals surface area contributed by atoms with Crippen LogP contribution < -0.4 is 5.32 Å². The van der Waals surface area contributed by atoms with E-state index in [1.54, 1.807) is 36.4 Å². The van der Waals surface area contributed by atoms with Crippen LogP contribution >= 0.6 is 23.2 Å². The molecule has 1 N–H and O–H groups in total. The monoisotopic (exact) mass is 562 g/mol. The third-order valence-corrected chi connectivity index (χ3v) is 7.04. The molecule has 0 radical (unpaired) electrons. The Hall–Kier alpha value is -3.65. The fraction of sp³-hybridized carbons (Fsp3) is 0.233. The Morgan fingerprint density at radius 1 is 1.05 bits per heavy atom. The number of aryl methyl sites for hydroxylation is 1. The van der Waals surface area contributed by atoms with Gasteiger partial charge in [-0.1, -0.05) is 47.5 Å². The lowest BCUT2D eigenvalue weighted by Gasteiger charge is -2.25. The number of rotatable bonds is 8. The molecule has 0 aliphatic carbocycles. The molecule has 0 unspecified atom stereocenters. The lowest BCUT2D eigenvalue weighted by Crippen LogP contribution is -2.42. The number of hydrogen-bond acceptors (Lipinski definition) is 4. The van der Waals surface area contributed by atoms with E-state index >= 15 is 0 Å². The minimum absolute atomic E-state index is 0.111. The minimum atomic E-state index is -0.363.